The highest BCUT2D eigenvalue weighted by atomic mass is 32.1. The van der Waals surface area contributed by atoms with Crippen molar-refractivity contribution in [3.63, 3.8) is 0 Å². The number of benzene rings is 1. The summed E-state index contributed by atoms with van der Waals surface area (Å²) in [5, 5.41) is 13.8. The lowest BCUT2D eigenvalue weighted by Crippen LogP contribution is -2.26. The Kier molecular flexibility index (Phi) is 5.09. The number of anilines is 2. The van der Waals surface area contributed by atoms with Gasteiger partial charge in [-0.1, -0.05) is 12.1 Å². The van der Waals surface area contributed by atoms with Gasteiger partial charge in [-0.3, -0.25) is 14.5 Å². The number of hydrogen-bond donors (Lipinski definition) is 1. The van der Waals surface area contributed by atoms with Crippen LogP contribution in [0.3, 0.4) is 0 Å². The van der Waals surface area contributed by atoms with Gasteiger partial charge in [0.25, 0.3) is 5.91 Å². The number of aromatic nitrogens is 1. The number of nitrogens with one attached hydrogen (secondary N) is 1. The van der Waals surface area contributed by atoms with E-state index in [1.165, 1.54) is 31.2 Å². The minimum Gasteiger partial charge on any atom is -0.349 e. The molecule has 132 valence electrons. The van der Waals surface area contributed by atoms with Crippen LogP contribution >= 0.6 is 11.3 Å². The Hall–Kier alpha value is -3.05. The van der Waals surface area contributed by atoms with E-state index in [9.17, 15) is 19.2 Å². The number of rotatable bonds is 5. The van der Waals surface area contributed by atoms with Crippen LogP contribution < -0.4 is 10.2 Å². The average Bonchev–Trinajstić information content (AvgIpc) is 3.30. The van der Waals surface area contributed by atoms with Gasteiger partial charge in [0.05, 0.1) is 11.4 Å². The first-order valence-corrected chi connectivity index (χ1v) is 8.81. The summed E-state index contributed by atoms with van der Waals surface area (Å²) in [5.41, 5.74) is 0.390. The zero-order valence-electron chi connectivity index (χ0n) is 13.9. The Morgan fingerprint density at radius 3 is 2.77 bits per heavy atom. The monoisotopic (exact) mass is 370 g/mol. The summed E-state index contributed by atoms with van der Waals surface area (Å²) in [4.78, 5) is 29.4. The van der Waals surface area contributed by atoms with Crippen molar-refractivity contribution >= 4 is 40.0 Å². The maximum absolute atomic E-state index is 14.1. The number of nitriles is 1. The second-order valence-electron chi connectivity index (χ2n) is 5.78. The van der Waals surface area contributed by atoms with Gasteiger partial charge in [0.2, 0.25) is 5.91 Å². The summed E-state index contributed by atoms with van der Waals surface area (Å²) >= 11 is 1.12. The lowest BCUT2D eigenvalue weighted by atomic mass is 10.2. The van der Waals surface area contributed by atoms with Crippen LogP contribution in [-0.4, -0.2) is 22.8 Å². The Balaban J connectivity index is 1.88. The van der Waals surface area contributed by atoms with Gasteiger partial charge in [-0.25, -0.2) is 9.37 Å². The molecule has 1 saturated carbocycles. The lowest BCUT2D eigenvalue weighted by molar-refractivity contribution is -0.117. The van der Waals surface area contributed by atoms with E-state index in [1.807, 2.05) is 6.07 Å². The normalized spacial score (nSPS) is 13.8. The Bertz CT molecular complexity index is 927. The molecule has 2 aromatic rings. The molecule has 1 fully saturated rings. The molecule has 26 heavy (non-hydrogen) atoms. The Morgan fingerprint density at radius 1 is 1.42 bits per heavy atom. The van der Waals surface area contributed by atoms with Crippen molar-refractivity contribution in [2.24, 2.45) is 0 Å². The molecule has 1 N–H and O–H groups in total. The van der Waals surface area contributed by atoms with E-state index < -0.39 is 17.6 Å². The van der Waals surface area contributed by atoms with Crippen molar-refractivity contribution < 1.29 is 14.0 Å². The quantitative estimate of drug-likeness (QED) is 0.647. The minimum atomic E-state index is -0.545. The van der Waals surface area contributed by atoms with Crippen molar-refractivity contribution in [2.75, 3.05) is 4.90 Å². The van der Waals surface area contributed by atoms with E-state index in [0.29, 0.717) is 5.69 Å². The van der Waals surface area contributed by atoms with Gasteiger partial charge in [-0.05, 0) is 31.1 Å². The molecule has 3 rings (SSSR count). The third-order valence-corrected chi connectivity index (χ3v) is 4.52. The van der Waals surface area contributed by atoms with Crippen LogP contribution in [0.25, 0.3) is 6.08 Å². The van der Waals surface area contributed by atoms with Gasteiger partial charge in [0.15, 0.2) is 5.13 Å². The van der Waals surface area contributed by atoms with Crippen LogP contribution in [0.1, 0.15) is 25.5 Å². The third-order valence-electron chi connectivity index (χ3n) is 3.68. The number of hydrogen-bond acceptors (Lipinski definition) is 5. The van der Waals surface area contributed by atoms with Crippen LogP contribution in [0.4, 0.5) is 15.2 Å². The molecule has 0 atom stereocenters. The van der Waals surface area contributed by atoms with E-state index in [2.05, 4.69) is 10.3 Å². The molecular weight excluding hydrogens is 355 g/mol. The molecule has 2 amide bonds. The summed E-state index contributed by atoms with van der Waals surface area (Å²) in [6, 6.07) is 7.90. The highest BCUT2D eigenvalue weighted by molar-refractivity contribution is 7.14. The topological polar surface area (TPSA) is 86.1 Å². The highest BCUT2D eigenvalue weighted by Gasteiger charge is 2.25. The van der Waals surface area contributed by atoms with Crippen molar-refractivity contribution in [1.29, 1.82) is 5.26 Å². The number of halogens is 1. The van der Waals surface area contributed by atoms with E-state index in [0.717, 1.165) is 29.1 Å². The van der Waals surface area contributed by atoms with Crippen molar-refractivity contribution in [3.8, 4) is 6.07 Å². The maximum Gasteiger partial charge on any atom is 0.262 e. The molecule has 8 heteroatoms. The first-order valence-electron chi connectivity index (χ1n) is 7.93. The molecule has 1 aliphatic rings. The number of amides is 2. The van der Waals surface area contributed by atoms with Crippen molar-refractivity contribution in [2.45, 2.75) is 25.8 Å². The Morgan fingerprint density at radius 2 is 2.15 bits per heavy atom. The van der Waals surface area contributed by atoms with Crippen molar-refractivity contribution in [3.05, 3.63) is 46.7 Å². The van der Waals surface area contributed by atoms with E-state index in [-0.39, 0.29) is 22.4 Å². The third kappa shape index (κ3) is 3.95. The highest BCUT2D eigenvalue weighted by Crippen LogP contribution is 2.31. The molecule has 1 aromatic heterocycles. The summed E-state index contributed by atoms with van der Waals surface area (Å²) in [6.07, 6.45) is 3.19. The summed E-state index contributed by atoms with van der Waals surface area (Å²) in [7, 11) is 0. The van der Waals surface area contributed by atoms with Crippen LogP contribution in [0.15, 0.2) is 35.2 Å². The fourth-order valence-electron chi connectivity index (χ4n) is 2.27. The number of para-hydroxylation sites is 1. The fraction of sp³-hybridized carbons (Fsp3) is 0.222. The first kappa shape index (κ1) is 17.8. The molecule has 0 bridgehead atoms. The largest absolute Gasteiger partial charge is 0.349 e. The Labute approximate surface area is 153 Å². The molecule has 0 aliphatic heterocycles. The summed E-state index contributed by atoms with van der Waals surface area (Å²) in [6.45, 7) is 1.31. The molecule has 1 heterocycles. The van der Waals surface area contributed by atoms with Gasteiger partial charge in [0.1, 0.15) is 17.5 Å². The molecule has 6 nitrogen and oxygen atoms in total. The van der Waals surface area contributed by atoms with E-state index >= 15 is 0 Å². The molecule has 0 spiro atoms. The zero-order valence-corrected chi connectivity index (χ0v) is 14.7. The molecule has 0 radical (unpaired) electrons. The number of nitrogens with zero attached hydrogens (tertiary/aromatic N) is 3. The molecule has 1 aromatic carbocycles. The standard InChI is InChI=1S/C18H15FN4O2S/c1-11(24)23(16-5-3-2-4-15(16)19)18-22-14(10-26-18)8-12(9-20)17(25)21-13-6-7-13/h2-5,8,10,13H,6-7H2,1H3,(H,21,25)/b12-8+. The summed E-state index contributed by atoms with van der Waals surface area (Å²) in [5.74, 6) is -1.38. The van der Waals surface area contributed by atoms with Gasteiger partial charge in [-0.15, -0.1) is 11.3 Å². The maximum atomic E-state index is 14.1. The lowest BCUT2D eigenvalue weighted by Gasteiger charge is -2.18. The smallest absolute Gasteiger partial charge is 0.262 e. The SMILES string of the molecule is CC(=O)N(c1nc(/C=C(\C#N)C(=O)NC2CC2)cs1)c1ccccc1F. The van der Waals surface area contributed by atoms with E-state index in [4.69, 9.17) is 0 Å². The minimum absolute atomic E-state index is 0.0611. The van der Waals surface area contributed by atoms with Gasteiger partial charge < -0.3 is 5.32 Å². The van der Waals surface area contributed by atoms with Crippen molar-refractivity contribution in [1.82, 2.24) is 10.3 Å². The van der Waals surface area contributed by atoms with Gasteiger partial charge >= 0.3 is 0 Å². The second kappa shape index (κ2) is 7.45. The van der Waals surface area contributed by atoms with Crippen LogP contribution in [0.2, 0.25) is 0 Å². The second-order valence-corrected chi connectivity index (χ2v) is 6.61. The fourth-order valence-corrected chi connectivity index (χ4v) is 3.11. The molecule has 0 saturated heterocycles. The van der Waals surface area contributed by atoms with E-state index in [1.54, 1.807) is 11.4 Å². The molecule has 1 aliphatic carbocycles. The first-order chi connectivity index (χ1) is 12.5. The predicted octanol–water partition coefficient (Wildman–Crippen LogP) is 3.15. The van der Waals surface area contributed by atoms with Gasteiger partial charge in [-0.2, -0.15) is 5.26 Å². The predicted molar refractivity (Wildman–Crippen MR) is 96.1 cm³/mol. The summed E-state index contributed by atoms with van der Waals surface area (Å²) < 4.78 is 14.1. The molecular formula is C18H15FN4O2S. The van der Waals surface area contributed by atoms with Gasteiger partial charge in [0, 0.05) is 18.3 Å². The van der Waals surface area contributed by atoms with Crippen LogP contribution in [0, 0.1) is 17.1 Å². The number of thiazole rings is 1. The molecule has 0 unspecified atom stereocenters. The number of carbonyl (C=O) groups is 2. The average molecular weight is 370 g/mol. The number of carbonyl (C=O) groups excluding carboxylic acids is 2. The van der Waals surface area contributed by atoms with Crippen LogP contribution in [0.5, 0.6) is 0 Å². The zero-order chi connectivity index (χ0) is 18.7. The van der Waals surface area contributed by atoms with Crippen LogP contribution in [-0.2, 0) is 9.59 Å².